The molecule has 0 radical (unpaired) electrons. The lowest BCUT2D eigenvalue weighted by Crippen LogP contribution is -1.99. The topological polar surface area (TPSA) is 32.6 Å². The molecule has 9 aromatic carbocycles. The van der Waals surface area contributed by atoms with Crippen molar-refractivity contribution in [2.75, 3.05) is 0 Å². The third-order valence-electron chi connectivity index (χ3n) is 13.2. The van der Waals surface area contributed by atoms with Crippen LogP contribution in [0.2, 0.25) is 0 Å². The maximum atomic E-state index is 4.91. The molecule has 5 aromatic heterocycles. The van der Waals surface area contributed by atoms with Crippen molar-refractivity contribution in [1.29, 1.82) is 0 Å². The maximum Gasteiger partial charge on any atom is 0.0942 e. The van der Waals surface area contributed by atoms with Crippen LogP contribution in [0.1, 0.15) is 0 Å². The van der Waals surface area contributed by atoms with Crippen molar-refractivity contribution in [2.24, 2.45) is 0 Å². The van der Waals surface area contributed by atoms with Crippen LogP contribution in [0.5, 0.6) is 0 Å². The average molecular weight is 790 g/mol. The van der Waals surface area contributed by atoms with Gasteiger partial charge in [0.25, 0.3) is 0 Å². The molecule has 5 heterocycles. The van der Waals surface area contributed by atoms with Crippen LogP contribution in [0.4, 0.5) is 0 Å². The van der Waals surface area contributed by atoms with Gasteiger partial charge in [-0.3, -0.25) is 4.98 Å². The molecule has 0 N–H and O–H groups in total. The number of aromatic nitrogens is 5. The fourth-order valence-electron chi connectivity index (χ4n) is 10.7. The van der Waals surface area contributed by atoms with Crippen molar-refractivity contribution in [3.63, 3.8) is 0 Å². The normalized spacial score (nSPS) is 12.2. The van der Waals surface area contributed by atoms with Crippen molar-refractivity contribution in [1.82, 2.24) is 23.3 Å². The number of fused-ring (bicyclic) bond motifs is 15. The number of hydrogen-bond acceptors (Lipinski definition) is 1. The summed E-state index contributed by atoms with van der Waals surface area (Å²) in [6.07, 6.45) is 1.89. The summed E-state index contributed by atoms with van der Waals surface area (Å²) in [5.41, 5.74) is 14.9. The Labute approximate surface area is 355 Å². The number of nitrogens with zero attached hydrogens (tertiary/aromatic N) is 5. The van der Waals surface area contributed by atoms with Crippen molar-refractivity contribution in [3.8, 4) is 22.7 Å². The first-order valence-corrected chi connectivity index (χ1v) is 21.2. The van der Waals surface area contributed by atoms with Gasteiger partial charge < -0.3 is 18.3 Å². The van der Waals surface area contributed by atoms with E-state index < -0.39 is 0 Å². The predicted octanol–water partition coefficient (Wildman–Crippen LogP) is 14.6. The Balaban J connectivity index is 1.07. The molecule has 0 atom stereocenters. The van der Waals surface area contributed by atoms with Gasteiger partial charge >= 0.3 is 0 Å². The molecule has 14 rings (SSSR count). The first-order valence-electron chi connectivity index (χ1n) is 21.2. The zero-order valence-electron chi connectivity index (χ0n) is 33.4. The van der Waals surface area contributed by atoms with Crippen molar-refractivity contribution in [2.45, 2.75) is 0 Å². The van der Waals surface area contributed by atoms with Crippen LogP contribution in [0.25, 0.3) is 121 Å². The van der Waals surface area contributed by atoms with Crippen LogP contribution in [0.15, 0.2) is 212 Å². The van der Waals surface area contributed by atoms with E-state index in [-0.39, 0.29) is 0 Å². The zero-order valence-corrected chi connectivity index (χ0v) is 33.4. The van der Waals surface area contributed by atoms with Crippen LogP contribution in [-0.2, 0) is 0 Å². The Bertz CT molecular complexity index is 4150. The standard InChI is InChI=1S/C57H35N5/c1-2-17-37(18-3-1)59-46-26-9-5-22-42(46)53-49(59)32-33-50-54(53)43-23-6-10-27-47(43)60(50)38-19-13-20-39(35-38)61-45-25-8-4-21-40(45)41-30-31-51-55(57(41)61)44-24-7-11-28-48(44)62(51)52-29-12-15-36-16-14-34-58-56(36)52/h1-35H. The van der Waals surface area contributed by atoms with Gasteiger partial charge in [-0.2, -0.15) is 0 Å². The molecule has 0 fully saturated rings. The summed E-state index contributed by atoms with van der Waals surface area (Å²) >= 11 is 0. The zero-order chi connectivity index (χ0) is 40.5. The van der Waals surface area contributed by atoms with Crippen molar-refractivity contribution < 1.29 is 0 Å². The van der Waals surface area contributed by atoms with Gasteiger partial charge in [-0.05, 0) is 84.9 Å². The Morgan fingerprint density at radius 3 is 1.47 bits per heavy atom. The number of para-hydroxylation sites is 6. The van der Waals surface area contributed by atoms with E-state index >= 15 is 0 Å². The number of rotatable bonds is 4. The molecule has 0 aliphatic carbocycles. The summed E-state index contributed by atoms with van der Waals surface area (Å²) in [4.78, 5) is 4.91. The summed E-state index contributed by atoms with van der Waals surface area (Å²) in [6, 6.07) is 75.2. The van der Waals surface area contributed by atoms with Crippen molar-refractivity contribution >= 4 is 98.1 Å². The molecule has 5 nitrogen and oxygen atoms in total. The van der Waals surface area contributed by atoms with Gasteiger partial charge in [0, 0.05) is 71.7 Å². The Morgan fingerprint density at radius 1 is 0.290 bits per heavy atom. The van der Waals surface area contributed by atoms with E-state index in [2.05, 4.69) is 218 Å². The molecule has 62 heavy (non-hydrogen) atoms. The van der Waals surface area contributed by atoms with Crippen LogP contribution in [0, 0.1) is 0 Å². The molecule has 0 aliphatic rings. The highest BCUT2D eigenvalue weighted by molar-refractivity contribution is 6.29. The Hall–Kier alpha value is -8.41. The summed E-state index contributed by atoms with van der Waals surface area (Å²) < 4.78 is 9.78. The molecule has 0 amide bonds. The molecule has 5 heteroatoms. The SMILES string of the molecule is c1ccc(-n2c3ccccc3c3c4c5ccccc5n(-c5cccc(-n6c7ccccc7c7ccc8c(c9ccccc9n8-c8cccc9cccnc89)c76)c5)c4ccc32)cc1. The third-order valence-corrected chi connectivity index (χ3v) is 13.2. The monoisotopic (exact) mass is 789 g/mol. The highest BCUT2D eigenvalue weighted by Crippen LogP contribution is 2.45. The van der Waals surface area contributed by atoms with Gasteiger partial charge in [0.15, 0.2) is 0 Å². The molecule has 288 valence electrons. The van der Waals surface area contributed by atoms with Crippen LogP contribution >= 0.6 is 0 Å². The molecule has 0 spiro atoms. The molecular formula is C57H35N5. The van der Waals surface area contributed by atoms with E-state index in [9.17, 15) is 0 Å². The van der Waals surface area contributed by atoms with E-state index in [0.717, 1.165) is 44.7 Å². The van der Waals surface area contributed by atoms with Crippen LogP contribution in [-0.4, -0.2) is 23.3 Å². The lowest BCUT2D eigenvalue weighted by atomic mass is 10.1. The molecule has 0 bridgehead atoms. The highest BCUT2D eigenvalue weighted by atomic mass is 15.0. The largest absolute Gasteiger partial charge is 0.309 e. The summed E-state index contributed by atoms with van der Waals surface area (Å²) in [7, 11) is 0. The Kier molecular flexibility index (Phi) is 6.77. The minimum atomic E-state index is 0.985. The second kappa shape index (κ2) is 12.6. The van der Waals surface area contributed by atoms with E-state index in [1.165, 1.54) is 76.2 Å². The minimum Gasteiger partial charge on any atom is -0.309 e. The molecule has 0 saturated heterocycles. The van der Waals surface area contributed by atoms with E-state index in [0.29, 0.717) is 0 Å². The van der Waals surface area contributed by atoms with Crippen LogP contribution < -0.4 is 0 Å². The van der Waals surface area contributed by atoms with E-state index in [1.807, 2.05) is 12.3 Å². The summed E-state index contributed by atoms with van der Waals surface area (Å²) in [6.45, 7) is 0. The second-order valence-electron chi connectivity index (χ2n) is 16.3. The smallest absolute Gasteiger partial charge is 0.0942 e. The van der Waals surface area contributed by atoms with Crippen LogP contribution in [0.3, 0.4) is 0 Å². The van der Waals surface area contributed by atoms with Gasteiger partial charge in [0.05, 0.1) is 55.3 Å². The van der Waals surface area contributed by atoms with Gasteiger partial charge in [0.2, 0.25) is 0 Å². The fraction of sp³-hybridized carbons (Fsp3) is 0. The van der Waals surface area contributed by atoms with E-state index in [4.69, 9.17) is 4.98 Å². The van der Waals surface area contributed by atoms with Crippen molar-refractivity contribution in [3.05, 3.63) is 212 Å². The molecule has 0 unspecified atom stereocenters. The first kappa shape index (κ1) is 33.4. The van der Waals surface area contributed by atoms with E-state index in [1.54, 1.807) is 0 Å². The molecule has 14 aromatic rings. The minimum absolute atomic E-state index is 0.985. The van der Waals surface area contributed by atoms with Gasteiger partial charge in [-0.15, -0.1) is 0 Å². The fourth-order valence-corrected chi connectivity index (χ4v) is 10.7. The van der Waals surface area contributed by atoms with Gasteiger partial charge in [-0.25, -0.2) is 0 Å². The third kappa shape index (κ3) is 4.43. The summed E-state index contributed by atoms with van der Waals surface area (Å²) in [5.74, 6) is 0. The highest BCUT2D eigenvalue weighted by Gasteiger charge is 2.24. The van der Waals surface area contributed by atoms with Gasteiger partial charge in [0.1, 0.15) is 0 Å². The number of pyridine rings is 1. The predicted molar refractivity (Wildman–Crippen MR) is 259 cm³/mol. The average Bonchev–Trinajstić information content (AvgIpc) is 4.06. The lowest BCUT2D eigenvalue weighted by molar-refractivity contribution is 1.14. The second-order valence-corrected chi connectivity index (χ2v) is 16.3. The molecule has 0 aliphatic heterocycles. The molecular weight excluding hydrogens is 755 g/mol. The Morgan fingerprint density at radius 2 is 0.774 bits per heavy atom. The number of hydrogen-bond donors (Lipinski definition) is 0. The first-order chi connectivity index (χ1) is 30.8. The lowest BCUT2D eigenvalue weighted by Gasteiger charge is -2.14. The summed E-state index contributed by atoms with van der Waals surface area (Å²) in [5, 5.41) is 11.0. The maximum absolute atomic E-state index is 4.91. The number of benzene rings is 9. The van der Waals surface area contributed by atoms with Gasteiger partial charge in [-0.1, -0.05) is 121 Å². The molecule has 0 saturated carbocycles. The quantitative estimate of drug-likeness (QED) is 0.175.